The quantitative estimate of drug-likeness (QED) is 0.659. The molecule has 4 heteroatoms. The molecule has 0 saturated carbocycles. The minimum atomic E-state index is 0.542. The monoisotopic (exact) mass is 198 g/mol. The summed E-state index contributed by atoms with van der Waals surface area (Å²) in [7, 11) is 0. The van der Waals surface area contributed by atoms with Crippen molar-refractivity contribution in [2.24, 2.45) is 0 Å². The van der Waals surface area contributed by atoms with Crippen LogP contribution >= 0.6 is 0 Å². The third-order valence-corrected chi connectivity index (χ3v) is 2.09. The van der Waals surface area contributed by atoms with Crippen LogP contribution in [0.2, 0.25) is 0 Å². The fourth-order valence-electron chi connectivity index (χ4n) is 1.43. The average Bonchev–Trinajstić information content (AvgIpc) is 2.58. The molecule has 0 bridgehead atoms. The second-order valence-electron chi connectivity index (χ2n) is 3.33. The van der Waals surface area contributed by atoms with Gasteiger partial charge in [0.2, 0.25) is 5.69 Å². The zero-order chi connectivity index (χ0) is 10.8. The van der Waals surface area contributed by atoms with Crippen LogP contribution in [0, 0.1) is 20.4 Å². The lowest BCUT2D eigenvalue weighted by molar-refractivity contribution is 0.807. The Labute approximate surface area is 88.0 Å². The normalized spacial score (nSPS) is 9.93. The van der Waals surface area contributed by atoms with E-state index in [1.54, 1.807) is 23.0 Å². The number of nitrogens with zero attached hydrogens (tertiary/aromatic N) is 4. The number of pyridine rings is 1. The van der Waals surface area contributed by atoms with E-state index < -0.39 is 0 Å². The Balaban J connectivity index is 2.46. The van der Waals surface area contributed by atoms with Crippen molar-refractivity contribution in [3.8, 4) is 5.82 Å². The highest BCUT2D eigenvalue weighted by molar-refractivity contribution is 5.44. The van der Waals surface area contributed by atoms with Gasteiger partial charge in [-0.05, 0) is 26.0 Å². The Morgan fingerprint density at radius 1 is 1.33 bits per heavy atom. The first-order valence-electron chi connectivity index (χ1n) is 4.58. The smallest absolute Gasteiger partial charge is 0.205 e. The largest absolute Gasteiger partial charge is 0.249 e. The summed E-state index contributed by atoms with van der Waals surface area (Å²) in [5, 5.41) is 4.31. The van der Waals surface area contributed by atoms with Crippen LogP contribution in [0.25, 0.3) is 10.7 Å². The molecule has 2 rings (SSSR count). The molecule has 0 aliphatic heterocycles. The van der Waals surface area contributed by atoms with Crippen LogP contribution in [0.1, 0.15) is 11.4 Å². The van der Waals surface area contributed by atoms with Crippen molar-refractivity contribution < 1.29 is 0 Å². The highest BCUT2D eigenvalue weighted by Gasteiger charge is 2.04. The van der Waals surface area contributed by atoms with Gasteiger partial charge in [-0.3, -0.25) is 0 Å². The highest BCUT2D eigenvalue weighted by atomic mass is 15.3. The Morgan fingerprint density at radius 2 is 2.13 bits per heavy atom. The number of rotatable bonds is 1. The van der Waals surface area contributed by atoms with Crippen LogP contribution < -0.4 is 0 Å². The van der Waals surface area contributed by atoms with Crippen LogP contribution in [0.5, 0.6) is 0 Å². The molecule has 0 N–H and O–H groups in total. The SMILES string of the molecule is [C-]#[N+]c1ccc(-n2nc(C)cc2C)nc1. The molecule has 0 amide bonds. The maximum Gasteiger partial charge on any atom is 0.205 e. The Morgan fingerprint density at radius 3 is 2.60 bits per heavy atom. The lowest BCUT2D eigenvalue weighted by Gasteiger charge is -2.02. The second-order valence-corrected chi connectivity index (χ2v) is 3.33. The molecule has 15 heavy (non-hydrogen) atoms. The van der Waals surface area contributed by atoms with Crippen LogP contribution in [-0.2, 0) is 0 Å². The van der Waals surface area contributed by atoms with Gasteiger partial charge >= 0.3 is 0 Å². The molecule has 0 unspecified atom stereocenters. The molecule has 2 heterocycles. The van der Waals surface area contributed by atoms with E-state index >= 15 is 0 Å². The van der Waals surface area contributed by atoms with Gasteiger partial charge in [0.05, 0.1) is 12.3 Å². The number of aryl methyl sites for hydroxylation is 2. The van der Waals surface area contributed by atoms with Gasteiger partial charge in [-0.2, -0.15) is 5.10 Å². The standard InChI is InChI=1S/C11H10N4/c1-8-6-9(2)15(14-8)11-5-4-10(12-3)7-13-11/h4-7H,1-2H3. The Hall–Kier alpha value is -2.15. The molecule has 0 aromatic carbocycles. The molecule has 4 nitrogen and oxygen atoms in total. The fourth-order valence-corrected chi connectivity index (χ4v) is 1.43. The van der Waals surface area contributed by atoms with Gasteiger partial charge in [0.25, 0.3) is 0 Å². The molecule has 0 spiro atoms. The summed E-state index contributed by atoms with van der Waals surface area (Å²) in [6, 6.07) is 5.53. The Bertz CT molecular complexity index is 517. The van der Waals surface area contributed by atoms with E-state index in [0.29, 0.717) is 5.69 Å². The van der Waals surface area contributed by atoms with Gasteiger partial charge in [-0.15, -0.1) is 0 Å². The second kappa shape index (κ2) is 3.54. The van der Waals surface area contributed by atoms with E-state index in [4.69, 9.17) is 6.57 Å². The summed E-state index contributed by atoms with van der Waals surface area (Å²) in [4.78, 5) is 7.47. The molecule has 0 saturated heterocycles. The summed E-state index contributed by atoms with van der Waals surface area (Å²) in [5.74, 6) is 0.744. The average molecular weight is 198 g/mol. The molecular formula is C11H10N4. The topological polar surface area (TPSA) is 35.1 Å². The lowest BCUT2D eigenvalue weighted by Crippen LogP contribution is -2.00. The molecule has 0 aliphatic carbocycles. The van der Waals surface area contributed by atoms with Crippen molar-refractivity contribution in [3.05, 3.63) is 47.2 Å². The van der Waals surface area contributed by atoms with Crippen LogP contribution in [0.4, 0.5) is 5.69 Å². The molecular weight excluding hydrogens is 188 g/mol. The lowest BCUT2D eigenvalue weighted by atomic mass is 10.4. The summed E-state index contributed by atoms with van der Waals surface area (Å²) in [6.07, 6.45) is 1.55. The van der Waals surface area contributed by atoms with E-state index in [1.807, 2.05) is 19.9 Å². The molecule has 0 atom stereocenters. The van der Waals surface area contributed by atoms with E-state index in [2.05, 4.69) is 14.9 Å². The first-order valence-corrected chi connectivity index (χ1v) is 4.58. The minimum Gasteiger partial charge on any atom is -0.249 e. The van der Waals surface area contributed by atoms with E-state index in [1.165, 1.54) is 0 Å². The fraction of sp³-hybridized carbons (Fsp3) is 0.182. The first-order chi connectivity index (χ1) is 7.20. The molecule has 2 aromatic rings. The van der Waals surface area contributed by atoms with Crippen molar-refractivity contribution in [1.82, 2.24) is 14.8 Å². The third kappa shape index (κ3) is 1.72. The number of hydrogen-bond donors (Lipinski definition) is 0. The van der Waals surface area contributed by atoms with E-state index in [0.717, 1.165) is 17.2 Å². The van der Waals surface area contributed by atoms with Crippen LogP contribution in [0.15, 0.2) is 24.4 Å². The van der Waals surface area contributed by atoms with Gasteiger partial charge in [0.15, 0.2) is 5.82 Å². The minimum absolute atomic E-state index is 0.542. The molecule has 74 valence electrons. The summed E-state index contributed by atoms with van der Waals surface area (Å²) < 4.78 is 1.77. The third-order valence-electron chi connectivity index (χ3n) is 2.09. The van der Waals surface area contributed by atoms with Gasteiger partial charge in [0.1, 0.15) is 0 Å². The van der Waals surface area contributed by atoms with Gasteiger partial charge in [0, 0.05) is 11.9 Å². The van der Waals surface area contributed by atoms with Crippen LogP contribution in [-0.4, -0.2) is 14.8 Å². The predicted molar refractivity (Wildman–Crippen MR) is 57.1 cm³/mol. The first kappa shape index (κ1) is 9.41. The zero-order valence-corrected chi connectivity index (χ0v) is 8.60. The molecule has 0 radical (unpaired) electrons. The van der Waals surface area contributed by atoms with E-state index in [-0.39, 0.29) is 0 Å². The van der Waals surface area contributed by atoms with Crippen molar-refractivity contribution in [1.29, 1.82) is 0 Å². The molecule has 0 fully saturated rings. The maximum absolute atomic E-state index is 6.83. The van der Waals surface area contributed by atoms with Crippen molar-refractivity contribution >= 4 is 5.69 Å². The highest BCUT2D eigenvalue weighted by Crippen LogP contribution is 2.14. The van der Waals surface area contributed by atoms with Crippen molar-refractivity contribution in [2.75, 3.05) is 0 Å². The molecule has 2 aromatic heterocycles. The number of aromatic nitrogens is 3. The van der Waals surface area contributed by atoms with Crippen molar-refractivity contribution in [3.63, 3.8) is 0 Å². The summed E-state index contributed by atoms with van der Waals surface area (Å²) in [6.45, 7) is 10.7. The van der Waals surface area contributed by atoms with Crippen molar-refractivity contribution in [2.45, 2.75) is 13.8 Å². The van der Waals surface area contributed by atoms with Gasteiger partial charge < -0.3 is 0 Å². The van der Waals surface area contributed by atoms with E-state index in [9.17, 15) is 0 Å². The van der Waals surface area contributed by atoms with Crippen LogP contribution in [0.3, 0.4) is 0 Å². The Kier molecular flexibility index (Phi) is 2.22. The van der Waals surface area contributed by atoms with Gasteiger partial charge in [-0.1, -0.05) is 6.07 Å². The van der Waals surface area contributed by atoms with Gasteiger partial charge in [-0.25, -0.2) is 14.5 Å². The maximum atomic E-state index is 6.83. The number of hydrogen-bond acceptors (Lipinski definition) is 2. The predicted octanol–water partition coefficient (Wildman–Crippen LogP) is 2.43. The summed E-state index contributed by atoms with van der Waals surface area (Å²) in [5.41, 5.74) is 2.54. The molecule has 0 aliphatic rings. The summed E-state index contributed by atoms with van der Waals surface area (Å²) >= 11 is 0. The zero-order valence-electron chi connectivity index (χ0n) is 8.60.